The van der Waals surface area contributed by atoms with Gasteiger partial charge in [0.25, 0.3) is 0 Å². The summed E-state index contributed by atoms with van der Waals surface area (Å²) in [5, 5.41) is 8.77. The molecule has 1 N–H and O–H groups in total. The van der Waals surface area contributed by atoms with Crippen molar-refractivity contribution < 1.29 is 23.1 Å². The fourth-order valence-electron chi connectivity index (χ4n) is 1.64. The largest absolute Gasteiger partial charge is 0.405 e. The molecule has 1 fully saturated rings. The molecule has 6 heteroatoms. The van der Waals surface area contributed by atoms with Crippen LogP contribution in [0.1, 0.15) is 13.3 Å². The minimum absolute atomic E-state index is 0.0649. The lowest BCUT2D eigenvalue weighted by molar-refractivity contribution is -0.228. The van der Waals surface area contributed by atoms with Crippen LogP contribution in [-0.4, -0.2) is 41.8 Å². The highest BCUT2D eigenvalue weighted by Gasteiger charge is 2.63. The number of aliphatic hydroxyl groups excluding tert-OH is 1. The summed E-state index contributed by atoms with van der Waals surface area (Å²) in [5.74, 6) is -1.00. The number of amides is 1. The summed E-state index contributed by atoms with van der Waals surface area (Å²) in [7, 11) is 0. The zero-order chi connectivity index (χ0) is 11.0. The molecule has 0 radical (unpaired) electrons. The Morgan fingerprint density at radius 2 is 2.14 bits per heavy atom. The van der Waals surface area contributed by atoms with E-state index in [0.717, 1.165) is 4.90 Å². The van der Waals surface area contributed by atoms with E-state index in [1.165, 1.54) is 0 Å². The lowest BCUT2D eigenvalue weighted by Crippen LogP contribution is -2.48. The topological polar surface area (TPSA) is 40.5 Å². The second kappa shape index (κ2) is 3.42. The molecule has 82 valence electrons. The third-order valence-electron chi connectivity index (χ3n) is 2.70. The third kappa shape index (κ3) is 1.37. The van der Waals surface area contributed by atoms with Crippen molar-refractivity contribution in [2.75, 3.05) is 19.7 Å². The van der Waals surface area contributed by atoms with E-state index < -0.39 is 24.1 Å². The van der Waals surface area contributed by atoms with E-state index in [0.29, 0.717) is 0 Å². The summed E-state index contributed by atoms with van der Waals surface area (Å²) in [6.45, 7) is 0.764. The van der Waals surface area contributed by atoms with Crippen LogP contribution in [0, 0.1) is 5.41 Å². The SMILES string of the molecule is CCN1CCC(CO)(C(F)(F)F)C1=O. The molecule has 1 heterocycles. The molecular weight excluding hydrogens is 199 g/mol. The number of likely N-dealkylation sites (tertiary alicyclic amines) is 1. The Morgan fingerprint density at radius 3 is 2.36 bits per heavy atom. The summed E-state index contributed by atoms with van der Waals surface area (Å²) in [6.07, 6.45) is -5.01. The van der Waals surface area contributed by atoms with Crippen LogP contribution >= 0.6 is 0 Å². The molecule has 1 aliphatic rings. The maximum Gasteiger partial charge on any atom is 0.405 e. The Balaban J connectivity index is 2.99. The molecule has 1 aliphatic heterocycles. The summed E-state index contributed by atoms with van der Waals surface area (Å²) in [6, 6.07) is 0. The predicted octanol–water partition coefficient (Wildman–Crippen LogP) is 0.780. The number of aliphatic hydroxyl groups is 1. The average molecular weight is 211 g/mol. The van der Waals surface area contributed by atoms with E-state index >= 15 is 0 Å². The van der Waals surface area contributed by atoms with Crippen LogP contribution in [0.2, 0.25) is 0 Å². The van der Waals surface area contributed by atoms with Gasteiger partial charge in [-0.15, -0.1) is 0 Å². The second-order valence-corrected chi connectivity index (χ2v) is 3.37. The first-order chi connectivity index (χ1) is 6.39. The van der Waals surface area contributed by atoms with Gasteiger partial charge in [0.15, 0.2) is 5.41 Å². The van der Waals surface area contributed by atoms with Crippen LogP contribution in [0.15, 0.2) is 0 Å². The van der Waals surface area contributed by atoms with Gasteiger partial charge in [0.2, 0.25) is 5.91 Å². The van der Waals surface area contributed by atoms with E-state index in [1.807, 2.05) is 0 Å². The predicted molar refractivity (Wildman–Crippen MR) is 42.4 cm³/mol. The van der Waals surface area contributed by atoms with Crippen LogP contribution in [0.3, 0.4) is 0 Å². The summed E-state index contributed by atoms with van der Waals surface area (Å²) >= 11 is 0. The highest BCUT2D eigenvalue weighted by Crippen LogP contribution is 2.45. The highest BCUT2D eigenvalue weighted by molar-refractivity contribution is 5.85. The molecule has 0 bridgehead atoms. The van der Waals surface area contributed by atoms with Crippen LogP contribution in [0.25, 0.3) is 0 Å². The van der Waals surface area contributed by atoms with Gasteiger partial charge in [0, 0.05) is 13.1 Å². The Bertz CT molecular complexity index is 241. The van der Waals surface area contributed by atoms with Crippen molar-refractivity contribution in [2.24, 2.45) is 5.41 Å². The van der Waals surface area contributed by atoms with E-state index in [-0.39, 0.29) is 19.5 Å². The molecule has 1 rings (SSSR count). The number of carbonyl (C=O) groups excluding carboxylic acids is 1. The summed E-state index contributed by atoms with van der Waals surface area (Å²) in [4.78, 5) is 12.5. The average Bonchev–Trinajstić information content (AvgIpc) is 2.42. The Hall–Kier alpha value is -0.780. The molecule has 1 saturated heterocycles. The van der Waals surface area contributed by atoms with Crippen molar-refractivity contribution in [1.29, 1.82) is 0 Å². The Labute approximate surface area is 79.5 Å². The normalized spacial score (nSPS) is 28.6. The minimum Gasteiger partial charge on any atom is -0.395 e. The Kier molecular flexibility index (Phi) is 2.76. The fourth-order valence-corrected chi connectivity index (χ4v) is 1.64. The molecular formula is C8H12F3NO2. The molecule has 14 heavy (non-hydrogen) atoms. The molecule has 1 unspecified atom stereocenters. The third-order valence-corrected chi connectivity index (χ3v) is 2.70. The number of nitrogens with zero attached hydrogens (tertiary/aromatic N) is 1. The smallest absolute Gasteiger partial charge is 0.395 e. The number of rotatable bonds is 2. The molecule has 1 amide bonds. The number of halogens is 3. The summed E-state index contributed by atoms with van der Waals surface area (Å²) in [5.41, 5.74) is -2.55. The molecule has 0 saturated carbocycles. The quantitative estimate of drug-likeness (QED) is 0.733. The van der Waals surface area contributed by atoms with Crippen molar-refractivity contribution in [3.05, 3.63) is 0 Å². The Morgan fingerprint density at radius 1 is 1.57 bits per heavy atom. The zero-order valence-corrected chi connectivity index (χ0v) is 7.76. The van der Waals surface area contributed by atoms with Crippen LogP contribution < -0.4 is 0 Å². The molecule has 0 aromatic heterocycles. The van der Waals surface area contributed by atoms with Crippen molar-refractivity contribution in [3.63, 3.8) is 0 Å². The van der Waals surface area contributed by atoms with Crippen LogP contribution in [0.5, 0.6) is 0 Å². The molecule has 0 aromatic rings. The molecule has 0 aliphatic carbocycles. The summed E-state index contributed by atoms with van der Waals surface area (Å²) < 4.78 is 37.7. The molecule has 0 spiro atoms. The zero-order valence-electron chi connectivity index (χ0n) is 7.76. The van der Waals surface area contributed by atoms with E-state index in [4.69, 9.17) is 5.11 Å². The first-order valence-corrected chi connectivity index (χ1v) is 4.36. The maximum absolute atomic E-state index is 12.6. The number of hydrogen-bond donors (Lipinski definition) is 1. The number of carbonyl (C=O) groups is 1. The van der Waals surface area contributed by atoms with E-state index in [2.05, 4.69) is 0 Å². The first-order valence-electron chi connectivity index (χ1n) is 4.36. The van der Waals surface area contributed by atoms with E-state index in [9.17, 15) is 18.0 Å². The van der Waals surface area contributed by atoms with Gasteiger partial charge in [-0.25, -0.2) is 0 Å². The van der Waals surface area contributed by atoms with E-state index in [1.54, 1.807) is 6.92 Å². The van der Waals surface area contributed by atoms with Crippen LogP contribution in [-0.2, 0) is 4.79 Å². The van der Waals surface area contributed by atoms with Crippen molar-refractivity contribution >= 4 is 5.91 Å². The van der Waals surface area contributed by atoms with Crippen molar-refractivity contribution in [1.82, 2.24) is 4.90 Å². The lowest BCUT2D eigenvalue weighted by atomic mass is 9.86. The van der Waals surface area contributed by atoms with Gasteiger partial charge >= 0.3 is 6.18 Å². The van der Waals surface area contributed by atoms with Gasteiger partial charge in [0.05, 0.1) is 6.61 Å². The van der Waals surface area contributed by atoms with Crippen LogP contribution in [0.4, 0.5) is 13.2 Å². The molecule has 3 nitrogen and oxygen atoms in total. The van der Waals surface area contributed by atoms with Gasteiger partial charge in [-0.2, -0.15) is 13.2 Å². The van der Waals surface area contributed by atoms with Gasteiger partial charge in [-0.05, 0) is 13.3 Å². The lowest BCUT2D eigenvalue weighted by Gasteiger charge is -2.27. The maximum atomic E-state index is 12.6. The minimum atomic E-state index is -4.66. The van der Waals surface area contributed by atoms with Crippen molar-refractivity contribution in [3.8, 4) is 0 Å². The van der Waals surface area contributed by atoms with Gasteiger partial charge in [-0.1, -0.05) is 0 Å². The second-order valence-electron chi connectivity index (χ2n) is 3.37. The first kappa shape index (κ1) is 11.3. The number of alkyl halides is 3. The van der Waals surface area contributed by atoms with Gasteiger partial charge < -0.3 is 10.0 Å². The fraction of sp³-hybridized carbons (Fsp3) is 0.875. The molecule has 1 atom stereocenters. The highest BCUT2D eigenvalue weighted by atomic mass is 19.4. The number of hydrogen-bond acceptors (Lipinski definition) is 2. The van der Waals surface area contributed by atoms with Gasteiger partial charge in [0.1, 0.15) is 0 Å². The molecule has 0 aromatic carbocycles. The van der Waals surface area contributed by atoms with Crippen molar-refractivity contribution in [2.45, 2.75) is 19.5 Å². The monoisotopic (exact) mass is 211 g/mol. The van der Waals surface area contributed by atoms with Gasteiger partial charge in [-0.3, -0.25) is 4.79 Å². The standard InChI is InChI=1S/C8H12F3NO2/c1-2-12-4-3-7(5-13,6(12)14)8(9,10)11/h13H,2-5H2,1H3.